The lowest BCUT2D eigenvalue weighted by atomic mass is 10.3. The van der Waals surface area contributed by atoms with E-state index in [-0.39, 0.29) is 0 Å². The average molecular weight is 269 g/mol. The maximum Gasteiger partial charge on any atom is 0.142 e. The van der Waals surface area contributed by atoms with Gasteiger partial charge in [0.05, 0.1) is 5.25 Å². The smallest absolute Gasteiger partial charge is 0.142 e. The Morgan fingerprint density at radius 2 is 2.00 bits per heavy atom. The third-order valence-electron chi connectivity index (χ3n) is 2.75. The number of rotatable bonds is 4. The van der Waals surface area contributed by atoms with Gasteiger partial charge in [0, 0.05) is 41.3 Å². The molecule has 1 aliphatic heterocycles. The van der Waals surface area contributed by atoms with Gasteiger partial charge in [-0.3, -0.25) is 0 Å². The fourth-order valence-electron chi connectivity index (χ4n) is 1.79. The van der Waals surface area contributed by atoms with Gasteiger partial charge in [0.15, 0.2) is 0 Å². The maximum absolute atomic E-state index is 4.52. The molecule has 1 aliphatic rings. The summed E-state index contributed by atoms with van der Waals surface area (Å²) < 4.78 is 0. The molecule has 1 N–H and O–H groups in total. The summed E-state index contributed by atoms with van der Waals surface area (Å²) in [5, 5.41) is 4.36. The summed E-state index contributed by atoms with van der Waals surface area (Å²) in [4.78, 5) is 9.04. The summed E-state index contributed by atoms with van der Waals surface area (Å²) >= 11 is 4.01. The van der Waals surface area contributed by atoms with Crippen LogP contribution in [0, 0.1) is 0 Å². The molecule has 0 saturated carbocycles. The molecule has 17 heavy (non-hydrogen) atoms. The molecule has 1 saturated heterocycles. The van der Waals surface area contributed by atoms with Crippen molar-refractivity contribution in [1.82, 2.24) is 15.3 Å². The summed E-state index contributed by atoms with van der Waals surface area (Å²) in [6, 6.07) is 0. The molecule has 1 fully saturated rings. The van der Waals surface area contributed by atoms with Crippen molar-refractivity contribution in [1.29, 1.82) is 0 Å². The Labute approximate surface area is 112 Å². The molecule has 5 heteroatoms. The summed E-state index contributed by atoms with van der Waals surface area (Å²) in [7, 11) is 0. The van der Waals surface area contributed by atoms with Crippen LogP contribution in [0.4, 0.5) is 0 Å². The minimum atomic E-state index is 0.460. The Morgan fingerprint density at radius 1 is 1.29 bits per heavy atom. The Kier molecular flexibility index (Phi) is 5.13. The second-order valence-electron chi connectivity index (χ2n) is 4.10. The predicted octanol–water partition coefficient (Wildman–Crippen LogP) is 2.50. The topological polar surface area (TPSA) is 37.8 Å². The molecule has 0 radical (unpaired) electrons. The van der Waals surface area contributed by atoms with E-state index in [0.29, 0.717) is 10.5 Å². The lowest BCUT2D eigenvalue weighted by Gasteiger charge is -2.26. The second-order valence-corrected chi connectivity index (χ2v) is 6.83. The van der Waals surface area contributed by atoms with Crippen LogP contribution in [0.25, 0.3) is 0 Å². The van der Waals surface area contributed by atoms with E-state index in [9.17, 15) is 0 Å². The molecular formula is C12H19N3S2. The molecule has 1 aromatic heterocycles. The fourth-order valence-corrected chi connectivity index (χ4v) is 4.49. The fraction of sp³-hybridized carbons (Fsp3) is 0.667. The number of hydrogen-bond donors (Lipinski definition) is 1. The molecule has 0 spiro atoms. The van der Waals surface area contributed by atoms with Crippen molar-refractivity contribution in [3.05, 3.63) is 23.8 Å². The zero-order valence-electron chi connectivity index (χ0n) is 10.3. The van der Waals surface area contributed by atoms with Crippen LogP contribution in [0.15, 0.2) is 12.4 Å². The number of thioether (sulfide) groups is 2. The molecule has 0 aromatic carbocycles. The molecule has 0 bridgehead atoms. The summed E-state index contributed by atoms with van der Waals surface area (Å²) in [5.41, 5.74) is 1.16. The van der Waals surface area contributed by atoms with Crippen LogP contribution in [0.5, 0.6) is 0 Å². The first-order chi connectivity index (χ1) is 8.31. The van der Waals surface area contributed by atoms with E-state index in [4.69, 9.17) is 0 Å². The zero-order chi connectivity index (χ0) is 12.1. The second kappa shape index (κ2) is 6.61. The maximum atomic E-state index is 4.52. The summed E-state index contributed by atoms with van der Waals surface area (Å²) in [6.07, 6.45) is 3.91. The Morgan fingerprint density at radius 3 is 2.65 bits per heavy atom. The largest absolute Gasteiger partial charge is 0.313 e. The van der Waals surface area contributed by atoms with Gasteiger partial charge in [0.25, 0.3) is 0 Å². The van der Waals surface area contributed by atoms with Gasteiger partial charge in [-0.05, 0) is 6.54 Å². The standard InChI is InChI=1S/C12H19N3S2/c1-3-13-6-10-7-14-12(15-8-10)11-9(2)16-4-5-17-11/h7-9,11,13H,3-6H2,1-2H3. The quantitative estimate of drug-likeness (QED) is 0.909. The van der Waals surface area contributed by atoms with E-state index in [1.54, 1.807) is 0 Å². The first kappa shape index (κ1) is 13.2. The van der Waals surface area contributed by atoms with Crippen molar-refractivity contribution in [3.63, 3.8) is 0 Å². The molecule has 1 aromatic rings. The van der Waals surface area contributed by atoms with Crippen molar-refractivity contribution in [2.45, 2.75) is 30.9 Å². The van der Waals surface area contributed by atoms with Crippen LogP contribution in [0.3, 0.4) is 0 Å². The van der Waals surface area contributed by atoms with Crippen LogP contribution in [-0.4, -0.2) is 33.3 Å². The van der Waals surface area contributed by atoms with E-state index in [1.807, 2.05) is 35.9 Å². The van der Waals surface area contributed by atoms with Crippen molar-refractivity contribution in [3.8, 4) is 0 Å². The van der Waals surface area contributed by atoms with Crippen molar-refractivity contribution in [2.75, 3.05) is 18.1 Å². The van der Waals surface area contributed by atoms with Crippen molar-refractivity contribution < 1.29 is 0 Å². The Balaban J connectivity index is 2.01. The van der Waals surface area contributed by atoms with E-state index >= 15 is 0 Å². The molecule has 2 atom stereocenters. The van der Waals surface area contributed by atoms with E-state index in [0.717, 1.165) is 24.5 Å². The normalized spacial score (nSPS) is 24.8. The van der Waals surface area contributed by atoms with Crippen LogP contribution < -0.4 is 5.32 Å². The molecular weight excluding hydrogens is 250 g/mol. The first-order valence-electron chi connectivity index (χ1n) is 6.06. The molecule has 2 heterocycles. The number of nitrogens with zero attached hydrogens (tertiary/aromatic N) is 2. The van der Waals surface area contributed by atoms with E-state index in [1.165, 1.54) is 11.5 Å². The molecule has 0 amide bonds. The SMILES string of the molecule is CCNCc1cnc(C2SCCSC2C)nc1. The number of aromatic nitrogens is 2. The van der Waals surface area contributed by atoms with Crippen LogP contribution in [0.1, 0.15) is 30.5 Å². The Hall–Kier alpha value is -0.260. The van der Waals surface area contributed by atoms with Gasteiger partial charge < -0.3 is 5.32 Å². The van der Waals surface area contributed by atoms with Gasteiger partial charge >= 0.3 is 0 Å². The number of nitrogens with one attached hydrogen (secondary N) is 1. The van der Waals surface area contributed by atoms with E-state index in [2.05, 4.69) is 29.1 Å². The summed E-state index contributed by atoms with van der Waals surface area (Å²) in [6.45, 7) is 6.22. The van der Waals surface area contributed by atoms with Crippen LogP contribution in [0.2, 0.25) is 0 Å². The number of hydrogen-bond acceptors (Lipinski definition) is 5. The minimum absolute atomic E-state index is 0.460. The van der Waals surface area contributed by atoms with Crippen molar-refractivity contribution >= 4 is 23.5 Å². The first-order valence-corrected chi connectivity index (χ1v) is 8.15. The lowest BCUT2D eigenvalue weighted by molar-refractivity contribution is 0.715. The van der Waals surface area contributed by atoms with Crippen LogP contribution in [-0.2, 0) is 6.54 Å². The minimum Gasteiger partial charge on any atom is -0.313 e. The molecule has 94 valence electrons. The van der Waals surface area contributed by atoms with Gasteiger partial charge in [-0.15, -0.1) is 11.8 Å². The van der Waals surface area contributed by atoms with Gasteiger partial charge in [-0.1, -0.05) is 13.8 Å². The highest BCUT2D eigenvalue weighted by molar-refractivity contribution is 8.06. The van der Waals surface area contributed by atoms with Crippen molar-refractivity contribution in [2.24, 2.45) is 0 Å². The monoisotopic (exact) mass is 269 g/mol. The van der Waals surface area contributed by atoms with Crippen LogP contribution >= 0.6 is 23.5 Å². The third kappa shape index (κ3) is 3.60. The average Bonchev–Trinajstić information content (AvgIpc) is 2.38. The highest BCUT2D eigenvalue weighted by Gasteiger charge is 2.26. The highest BCUT2D eigenvalue weighted by Crippen LogP contribution is 2.40. The van der Waals surface area contributed by atoms with Gasteiger partial charge in [0.2, 0.25) is 0 Å². The highest BCUT2D eigenvalue weighted by atomic mass is 32.2. The van der Waals surface area contributed by atoms with Gasteiger partial charge in [-0.2, -0.15) is 11.8 Å². The predicted molar refractivity (Wildman–Crippen MR) is 76.5 cm³/mol. The molecule has 2 unspecified atom stereocenters. The lowest BCUT2D eigenvalue weighted by Crippen LogP contribution is -2.18. The Bertz CT molecular complexity index is 342. The van der Waals surface area contributed by atoms with Gasteiger partial charge in [0.1, 0.15) is 5.82 Å². The molecule has 3 nitrogen and oxygen atoms in total. The molecule has 0 aliphatic carbocycles. The van der Waals surface area contributed by atoms with Gasteiger partial charge in [-0.25, -0.2) is 9.97 Å². The summed E-state index contributed by atoms with van der Waals surface area (Å²) in [5.74, 6) is 3.46. The third-order valence-corrected chi connectivity index (χ3v) is 5.83. The molecule has 2 rings (SSSR count). The zero-order valence-corrected chi connectivity index (χ0v) is 12.0. The van der Waals surface area contributed by atoms with E-state index < -0.39 is 0 Å².